The molecule has 0 saturated carbocycles. The molecule has 1 aromatic rings. The van der Waals surface area contributed by atoms with Crippen LogP contribution in [0.15, 0.2) is 42.6 Å². The quantitative estimate of drug-likeness (QED) is 0.537. The van der Waals surface area contributed by atoms with Gasteiger partial charge in [0, 0.05) is 5.04 Å². The summed E-state index contributed by atoms with van der Waals surface area (Å²) in [4.78, 5) is 0. The molecule has 0 nitrogen and oxygen atoms in total. The maximum atomic E-state index is 6.57. The molecule has 2 heteroatoms. The molecule has 0 bridgehead atoms. The predicted molar refractivity (Wildman–Crippen MR) is 67.1 cm³/mol. The Morgan fingerprint density at radius 2 is 1.79 bits per heavy atom. The van der Waals surface area contributed by atoms with E-state index in [-0.39, 0.29) is 5.04 Å². The van der Waals surface area contributed by atoms with Crippen molar-refractivity contribution in [1.82, 2.24) is 0 Å². The van der Waals surface area contributed by atoms with Gasteiger partial charge in [0.15, 0.2) is 7.38 Å². The highest BCUT2D eigenvalue weighted by Gasteiger charge is 2.40. The summed E-state index contributed by atoms with van der Waals surface area (Å²) in [5, 5.41) is 0.0254. The number of halogens is 1. The normalized spacial score (nSPS) is 16.0. The van der Waals surface area contributed by atoms with E-state index in [1.165, 1.54) is 5.56 Å². The van der Waals surface area contributed by atoms with Crippen LogP contribution in [0.4, 0.5) is 0 Å². The third kappa shape index (κ3) is 1.94. The molecular formula is C12H17ClSi. The fourth-order valence-corrected chi connectivity index (χ4v) is 2.96. The fourth-order valence-electron chi connectivity index (χ4n) is 1.39. The lowest BCUT2D eigenvalue weighted by Gasteiger charge is -2.35. The molecule has 0 saturated heterocycles. The van der Waals surface area contributed by atoms with E-state index in [1.54, 1.807) is 0 Å². The van der Waals surface area contributed by atoms with Gasteiger partial charge in [-0.2, -0.15) is 11.1 Å². The van der Waals surface area contributed by atoms with E-state index < -0.39 is 7.38 Å². The van der Waals surface area contributed by atoms with Crippen LogP contribution in [0.25, 0.3) is 0 Å². The smallest absolute Gasteiger partial charge is 0.161 e. The molecule has 0 aliphatic heterocycles. The lowest BCUT2D eigenvalue weighted by Crippen LogP contribution is -2.44. The molecule has 0 radical (unpaired) electrons. The van der Waals surface area contributed by atoms with Gasteiger partial charge < -0.3 is 0 Å². The van der Waals surface area contributed by atoms with E-state index in [4.69, 9.17) is 11.1 Å². The lowest BCUT2D eigenvalue weighted by atomic mass is 10.0. The molecule has 0 heterocycles. The number of rotatable bonds is 3. The highest BCUT2D eigenvalue weighted by atomic mass is 35.6. The fraction of sp³-hybridized carbons (Fsp3) is 0.333. The first-order chi connectivity index (χ1) is 6.42. The van der Waals surface area contributed by atoms with E-state index in [0.717, 1.165) is 0 Å². The van der Waals surface area contributed by atoms with Crippen LogP contribution in [0.3, 0.4) is 0 Å². The van der Waals surface area contributed by atoms with Gasteiger partial charge in [-0.3, -0.25) is 0 Å². The molecule has 1 aromatic carbocycles. The zero-order valence-corrected chi connectivity index (χ0v) is 10.8. The molecule has 76 valence electrons. The Balaban J connectivity index is 3.14. The molecule has 1 unspecified atom stereocenters. The van der Waals surface area contributed by atoms with Crippen LogP contribution in [0, 0.1) is 0 Å². The zero-order valence-electron chi connectivity index (χ0n) is 9.05. The van der Waals surface area contributed by atoms with Gasteiger partial charge in [-0.05, 0) is 5.56 Å². The van der Waals surface area contributed by atoms with E-state index in [1.807, 2.05) is 11.8 Å². The second-order valence-corrected chi connectivity index (χ2v) is 10.4. The van der Waals surface area contributed by atoms with Gasteiger partial charge in [0.25, 0.3) is 0 Å². The summed E-state index contributed by atoms with van der Waals surface area (Å²) in [5.41, 5.74) is 3.24. The van der Waals surface area contributed by atoms with Crippen molar-refractivity contribution in [2.24, 2.45) is 0 Å². The van der Waals surface area contributed by atoms with E-state index in [9.17, 15) is 0 Å². The summed E-state index contributed by atoms with van der Waals surface area (Å²) in [6.07, 6.45) is 0. The van der Waals surface area contributed by atoms with Crippen molar-refractivity contribution >= 4 is 18.5 Å². The van der Waals surface area contributed by atoms with Gasteiger partial charge in [0.05, 0.1) is 0 Å². The van der Waals surface area contributed by atoms with Crippen LogP contribution in [0.2, 0.25) is 6.55 Å². The van der Waals surface area contributed by atoms with E-state index in [2.05, 4.69) is 51.2 Å². The van der Waals surface area contributed by atoms with Crippen LogP contribution >= 0.6 is 11.1 Å². The van der Waals surface area contributed by atoms with E-state index >= 15 is 0 Å². The Morgan fingerprint density at radius 1 is 1.29 bits per heavy atom. The second-order valence-electron chi connectivity index (χ2n) is 4.27. The Bertz CT molecular complexity index is 314. The lowest BCUT2D eigenvalue weighted by molar-refractivity contribution is 0.736. The summed E-state index contributed by atoms with van der Waals surface area (Å²) in [7, 11) is -1.91. The van der Waals surface area contributed by atoms with Gasteiger partial charge in [0.2, 0.25) is 0 Å². The number of hydrogen-bond donors (Lipinski definition) is 0. The average Bonchev–Trinajstić information content (AvgIpc) is 2.19. The zero-order chi connectivity index (χ0) is 10.8. The van der Waals surface area contributed by atoms with Crippen molar-refractivity contribution in [1.29, 1.82) is 0 Å². The minimum atomic E-state index is -1.91. The largest absolute Gasteiger partial charge is 0.186 e. The summed E-state index contributed by atoms with van der Waals surface area (Å²) >= 11 is 6.57. The van der Waals surface area contributed by atoms with Crippen molar-refractivity contribution in [3.63, 3.8) is 0 Å². The number of hydrogen-bond acceptors (Lipinski definition) is 0. The summed E-state index contributed by atoms with van der Waals surface area (Å²) < 4.78 is 0. The Kier molecular flexibility index (Phi) is 3.23. The number of benzene rings is 1. The van der Waals surface area contributed by atoms with Gasteiger partial charge in [0.1, 0.15) is 0 Å². The monoisotopic (exact) mass is 224 g/mol. The van der Waals surface area contributed by atoms with E-state index in [0.29, 0.717) is 0 Å². The molecule has 14 heavy (non-hydrogen) atoms. The summed E-state index contributed by atoms with van der Waals surface area (Å²) in [5.74, 6) is 0. The molecule has 0 fully saturated rings. The van der Waals surface area contributed by atoms with Gasteiger partial charge >= 0.3 is 0 Å². The minimum absolute atomic E-state index is 0.0254. The van der Waals surface area contributed by atoms with Crippen molar-refractivity contribution < 1.29 is 0 Å². The molecule has 0 aliphatic carbocycles. The Labute approximate surface area is 92.3 Å². The molecular weight excluding hydrogens is 208 g/mol. The molecule has 1 rings (SSSR count). The molecule has 0 aliphatic rings. The Morgan fingerprint density at radius 3 is 2.21 bits per heavy atom. The average molecular weight is 225 g/mol. The molecule has 0 aromatic heterocycles. The molecule has 0 spiro atoms. The highest BCUT2D eigenvalue weighted by Crippen LogP contribution is 2.36. The highest BCUT2D eigenvalue weighted by molar-refractivity contribution is 7.23. The minimum Gasteiger partial charge on any atom is -0.161 e. The van der Waals surface area contributed by atoms with Crippen LogP contribution in [0.5, 0.6) is 0 Å². The van der Waals surface area contributed by atoms with Gasteiger partial charge in [-0.25, -0.2) is 0 Å². The maximum Gasteiger partial charge on any atom is 0.186 e. The van der Waals surface area contributed by atoms with Crippen molar-refractivity contribution in [3.05, 3.63) is 48.2 Å². The molecule has 0 N–H and O–H groups in total. The SMILES string of the molecule is C=C[Si](C)(Cl)C(C)(C)c1ccccc1. The summed E-state index contributed by atoms with van der Waals surface area (Å²) in [6.45, 7) is 10.4. The van der Waals surface area contributed by atoms with Crippen molar-refractivity contribution in [2.45, 2.75) is 25.4 Å². The summed E-state index contributed by atoms with van der Waals surface area (Å²) in [6, 6.07) is 10.4. The second kappa shape index (κ2) is 3.91. The first-order valence-corrected chi connectivity index (χ1v) is 8.39. The molecule has 0 amide bonds. The first-order valence-electron chi connectivity index (χ1n) is 4.80. The van der Waals surface area contributed by atoms with Crippen molar-refractivity contribution in [3.8, 4) is 0 Å². The van der Waals surface area contributed by atoms with Crippen LogP contribution in [-0.4, -0.2) is 7.38 Å². The van der Waals surface area contributed by atoms with Crippen LogP contribution in [0.1, 0.15) is 19.4 Å². The predicted octanol–water partition coefficient (Wildman–Crippen LogP) is 4.04. The topological polar surface area (TPSA) is 0 Å². The maximum absolute atomic E-state index is 6.57. The van der Waals surface area contributed by atoms with Gasteiger partial charge in [-0.1, -0.05) is 56.4 Å². The standard InChI is InChI=1S/C12H17ClSi/c1-5-14(4,13)12(2,3)11-9-7-6-8-10-11/h5-10H,1H2,2-4H3. The van der Waals surface area contributed by atoms with Crippen LogP contribution in [-0.2, 0) is 5.04 Å². The molecule has 1 atom stereocenters. The van der Waals surface area contributed by atoms with Crippen LogP contribution < -0.4 is 0 Å². The van der Waals surface area contributed by atoms with Crippen molar-refractivity contribution in [2.75, 3.05) is 0 Å². The first kappa shape index (κ1) is 11.5. The van der Waals surface area contributed by atoms with Gasteiger partial charge in [-0.15, -0.1) is 6.58 Å². The third-order valence-electron chi connectivity index (χ3n) is 3.10. The Hall–Kier alpha value is -0.533. The third-order valence-corrected chi connectivity index (χ3v) is 8.48.